The van der Waals surface area contributed by atoms with Crippen LogP contribution in [0.2, 0.25) is 0 Å². The Hall–Kier alpha value is -0.380. The van der Waals surface area contributed by atoms with Crippen LogP contribution >= 0.6 is 0 Å². The topological polar surface area (TPSA) is 60.7 Å². The number of aliphatic hydroxyl groups is 3. The molecular formula is C15H30O3. The minimum Gasteiger partial charge on any atom is -0.390 e. The predicted octanol–water partition coefficient (Wildman–Crippen LogP) is 3.14. The minimum atomic E-state index is -2.04. The molecule has 108 valence electrons. The summed E-state index contributed by atoms with van der Waals surface area (Å²) in [5.41, 5.74) is 0. The molecule has 0 saturated heterocycles. The third-order valence-electron chi connectivity index (χ3n) is 3.09. The van der Waals surface area contributed by atoms with Crippen LogP contribution in [-0.2, 0) is 0 Å². The highest BCUT2D eigenvalue weighted by atomic mass is 16.5. The van der Waals surface area contributed by atoms with E-state index in [-0.39, 0.29) is 0 Å². The maximum atomic E-state index is 9.09. The summed E-state index contributed by atoms with van der Waals surface area (Å²) >= 11 is 0. The lowest BCUT2D eigenvalue weighted by molar-refractivity contribution is -0.146. The maximum absolute atomic E-state index is 9.09. The molecule has 0 amide bonds. The molecule has 3 heteroatoms. The van der Waals surface area contributed by atoms with E-state index in [1.54, 1.807) is 6.08 Å². The molecule has 0 fully saturated rings. The first kappa shape index (κ1) is 17.6. The van der Waals surface area contributed by atoms with Gasteiger partial charge in [-0.1, -0.05) is 64.4 Å². The summed E-state index contributed by atoms with van der Waals surface area (Å²) < 4.78 is 0. The van der Waals surface area contributed by atoms with Crippen molar-refractivity contribution in [3.63, 3.8) is 0 Å². The van der Waals surface area contributed by atoms with E-state index in [2.05, 4.69) is 6.92 Å². The maximum Gasteiger partial charge on any atom is 0.206 e. The molecule has 0 spiro atoms. The van der Waals surface area contributed by atoms with Gasteiger partial charge in [0.25, 0.3) is 0 Å². The first-order valence-corrected chi connectivity index (χ1v) is 7.35. The Bertz CT molecular complexity index is 200. The Labute approximate surface area is 112 Å². The molecule has 0 aliphatic heterocycles. The van der Waals surface area contributed by atoms with E-state index in [4.69, 9.17) is 15.3 Å². The fourth-order valence-corrected chi connectivity index (χ4v) is 1.90. The van der Waals surface area contributed by atoms with Crippen LogP contribution in [-0.4, -0.2) is 27.7 Å². The van der Waals surface area contributed by atoms with E-state index < -0.39 is 12.4 Å². The monoisotopic (exact) mass is 258 g/mol. The predicted molar refractivity (Wildman–Crippen MR) is 75.2 cm³/mol. The van der Waals surface area contributed by atoms with E-state index >= 15 is 0 Å². The summed E-state index contributed by atoms with van der Waals surface area (Å²) in [6.07, 6.45) is 15.4. The third-order valence-corrected chi connectivity index (χ3v) is 3.09. The SMILES string of the molecule is CCCCCCCCCCCC=CC(O)(O)CO. The molecule has 3 N–H and O–H groups in total. The molecule has 0 aromatic rings. The molecule has 0 radical (unpaired) electrons. The van der Waals surface area contributed by atoms with Crippen LogP contribution in [0.5, 0.6) is 0 Å². The zero-order chi connectivity index (χ0) is 13.7. The number of aliphatic hydroxyl groups excluding tert-OH is 1. The van der Waals surface area contributed by atoms with Crippen LogP contribution in [0.1, 0.15) is 71.1 Å². The highest BCUT2D eigenvalue weighted by Crippen LogP contribution is 2.11. The molecule has 0 rings (SSSR count). The van der Waals surface area contributed by atoms with Crippen LogP contribution in [0.4, 0.5) is 0 Å². The zero-order valence-electron chi connectivity index (χ0n) is 11.8. The van der Waals surface area contributed by atoms with Gasteiger partial charge in [0.2, 0.25) is 5.79 Å². The fourth-order valence-electron chi connectivity index (χ4n) is 1.90. The highest BCUT2D eigenvalue weighted by molar-refractivity contribution is 4.93. The molecule has 0 bridgehead atoms. The molecule has 0 aliphatic carbocycles. The Morgan fingerprint density at radius 1 is 0.833 bits per heavy atom. The van der Waals surface area contributed by atoms with E-state index in [9.17, 15) is 0 Å². The van der Waals surface area contributed by atoms with Crippen molar-refractivity contribution in [1.29, 1.82) is 0 Å². The van der Waals surface area contributed by atoms with Gasteiger partial charge in [-0.25, -0.2) is 0 Å². The van der Waals surface area contributed by atoms with Gasteiger partial charge in [-0.15, -0.1) is 0 Å². The molecule has 0 aliphatic rings. The smallest absolute Gasteiger partial charge is 0.206 e. The molecular weight excluding hydrogens is 228 g/mol. The lowest BCUT2D eigenvalue weighted by atomic mass is 10.1. The average molecular weight is 258 g/mol. The molecule has 0 aromatic heterocycles. The average Bonchev–Trinajstić information content (AvgIpc) is 2.36. The molecule has 18 heavy (non-hydrogen) atoms. The second-order valence-electron chi connectivity index (χ2n) is 5.06. The van der Waals surface area contributed by atoms with Crippen molar-refractivity contribution in [2.24, 2.45) is 0 Å². The van der Waals surface area contributed by atoms with Gasteiger partial charge in [0.1, 0.15) is 6.61 Å². The van der Waals surface area contributed by atoms with E-state index in [1.807, 2.05) is 0 Å². The summed E-state index contributed by atoms with van der Waals surface area (Å²) in [6.45, 7) is 1.58. The van der Waals surface area contributed by atoms with E-state index in [1.165, 1.54) is 57.4 Å². The first-order valence-electron chi connectivity index (χ1n) is 7.35. The van der Waals surface area contributed by atoms with Crippen LogP contribution < -0.4 is 0 Å². The summed E-state index contributed by atoms with van der Waals surface area (Å²) in [5.74, 6) is -2.04. The highest BCUT2D eigenvalue weighted by Gasteiger charge is 2.15. The van der Waals surface area contributed by atoms with E-state index in [0.717, 1.165) is 12.8 Å². The summed E-state index contributed by atoms with van der Waals surface area (Å²) in [7, 11) is 0. The van der Waals surface area contributed by atoms with Gasteiger partial charge in [0.15, 0.2) is 0 Å². The Morgan fingerprint density at radius 2 is 1.33 bits per heavy atom. The van der Waals surface area contributed by atoms with Crippen molar-refractivity contribution >= 4 is 0 Å². The lowest BCUT2D eigenvalue weighted by Crippen LogP contribution is -2.29. The van der Waals surface area contributed by atoms with Crippen molar-refractivity contribution in [2.75, 3.05) is 6.61 Å². The number of hydrogen-bond donors (Lipinski definition) is 3. The number of allylic oxidation sites excluding steroid dienone is 1. The van der Waals surface area contributed by atoms with Gasteiger partial charge in [0.05, 0.1) is 0 Å². The standard InChI is InChI=1S/C15H30O3/c1-2-3-4-5-6-7-8-9-10-11-12-13-15(17,18)14-16/h12-13,16-18H,2-11,14H2,1H3. The van der Waals surface area contributed by atoms with Crippen LogP contribution in [0, 0.1) is 0 Å². The Kier molecular flexibility index (Phi) is 11.4. The summed E-state index contributed by atoms with van der Waals surface area (Å²) in [6, 6.07) is 0. The fraction of sp³-hybridized carbons (Fsp3) is 0.867. The number of hydrogen-bond acceptors (Lipinski definition) is 3. The van der Waals surface area contributed by atoms with Gasteiger partial charge in [-0.05, 0) is 18.9 Å². The first-order chi connectivity index (χ1) is 8.62. The van der Waals surface area contributed by atoms with Gasteiger partial charge >= 0.3 is 0 Å². The third kappa shape index (κ3) is 12.1. The largest absolute Gasteiger partial charge is 0.390 e. The quantitative estimate of drug-likeness (QED) is 0.286. The molecule has 0 atom stereocenters. The van der Waals surface area contributed by atoms with Gasteiger partial charge in [-0.3, -0.25) is 0 Å². The summed E-state index contributed by atoms with van der Waals surface area (Å²) in [4.78, 5) is 0. The molecule has 0 unspecified atom stereocenters. The van der Waals surface area contributed by atoms with Crippen molar-refractivity contribution in [2.45, 2.75) is 76.9 Å². The summed E-state index contributed by atoms with van der Waals surface area (Å²) in [5, 5.41) is 26.8. The normalized spacial score (nSPS) is 12.4. The van der Waals surface area contributed by atoms with Crippen molar-refractivity contribution < 1.29 is 15.3 Å². The van der Waals surface area contributed by atoms with Crippen molar-refractivity contribution in [1.82, 2.24) is 0 Å². The van der Waals surface area contributed by atoms with Crippen molar-refractivity contribution in [3.05, 3.63) is 12.2 Å². The molecule has 3 nitrogen and oxygen atoms in total. The van der Waals surface area contributed by atoms with Crippen LogP contribution in [0.15, 0.2) is 12.2 Å². The van der Waals surface area contributed by atoms with Gasteiger partial charge in [0, 0.05) is 0 Å². The van der Waals surface area contributed by atoms with Gasteiger partial charge in [-0.2, -0.15) is 0 Å². The molecule has 0 aromatic carbocycles. The number of rotatable bonds is 12. The molecule has 0 saturated carbocycles. The lowest BCUT2D eigenvalue weighted by Gasteiger charge is -2.12. The minimum absolute atomic E-state index is 0.652. The zero-order valence-corrected chi connectivity index (χ0v) is 11.8. The molecule has 0 heterocycles. The Morgan fingerprint density at radius 3 is 1.83 bits per heavy atom. The van der Waals surface area contributed by atoms with Crippen LogP contribution in [0.3, 0.4) is 0 Å². The van der Waals surface area contributed by atoms with Gasteiger partial charge < -0.3 is 15.3 Å². The second-order valence-corrected chi connectivity index (χ2v) is 5.06. The van der Waals surface area contributed by atoms with Crippen LogP contribution in [0.25, 0.3) is 0 Å². The van der Waals surface area contributed by atoms with E-state index in [0.29, 0.717) is 0 Å². The Balaban J connectivity index is 3.21. The number of unbranched alkanes of at least 4 members (excludes halogenated alkanes) is 9. The van der Waals surface area contributed by atoms with Crippen molar-refractivity contribution in [3.8, 4) is 0 Å². The second kappa shape index (κ2) is 11.7.